The van der Waals surface area contributed by atoms with E-state index in [1.165, 1.54) is 6.08 Å². The van der Waals surface area contributed by atoms with E-state index in [2.05, 4.69) is 28.6 Å². The summed E-state index contributed by atoms with van der Waals surface area (Å²) in [5.74, 6) is 0.0223. The lowest BCUT2D eigenvalue weighted by atomic mass is 9.90. The number of aliphatic hydroxyl groups is 1. The minimum atomic E-state index is -0.675. The highest BCUT2D eigenvalue weighted by molar-refractivity contribution is 5.84. The third kappa shape index (κ3) is 7.61. The van der Waals surface area contributed by atoms with Crippen LogP contribution in [0.5, 0.6) is 0 Å². The Morgan fingerprint density at radius 2 is 1.80 bits per heavy atom. The molecule has 0 saturated carbocycles. The number of non-ortho nitro benzene ring substituents is 1. The number of nitro benzene ring substituents is 1. The van der Waals surface area contributed by atoms with Crippen LogP contribution in [0.1, 0.15) is 36.0 Å². The van der Waals surface area contributed by atoms with Crippen LogP contribution in [0.25, 0.3) is 0 Å². The SMILES string of the molecule is C=CCOC(=O)Nc1cccc([C@@H]2O[C@H](CN3CCN(c4ccc([N+](=O)[O-])cc4)CC3)[C@H](C)[C@H](c3ccc(CO)cc3)O2)c1. The van der Waals surface area contributed by atoms with Crippen molar-refractivity contribution in [3.05, 3.63) is 112 Å². The molecule has 232 valence electrons. The number of ether oxygens (including phenoxy) is 3. The van der Waals surface area contributed by atoms with Crippen LogP contribution in [0.15, 0.2) is 85.5 Å². The maximum absolute atomic E-state index is 12.1. The molecule has 5 rings (SSSR count). The molecular weight excluding hydrogens is 564 g/mol. The minimum absolute atomic E-state index is 0.0223. The van der Waals surface area contributed by atoms with Crippen LogP contribution in [-0.4, -0.2) is 66.5 Å². The first-order valence-electron chi connectivity index (χ1n) is 14.7. The average molecular weight is 603 g/mol. The van der Waals surface area contributed by atoms with E-state index in [1.54, 1.807) is 30.3 Å². The molecule has 0 radical (unpaired) electrons. The quantitative estimate of drug-likeness (QED) is 0.177. The summed E-state index contributed by atoms with van der Waals surface area (Å²) in [5, 5.41) is 23.3. The Morgan fingerprint density at radius 1 is 1.07 bits per heavy atom. The summed E-state index contributed by atoms with van der Waals surface area (Å²) in [6.45, 7) is 9.69. The standard InChI is InChI=1S/C33H38N4O7/c1-3-19-42-33(39)34-27-6-4-5-26(20-27)32-43-30(23(2)31(44-32)25-9-7-24(22-38)8-10-25)21-35-15-17-36(18-16-35)28-11-13-29(14-12-28)37(40)41/h3-14,20,23,30-32,38H,1,15-19,21-22H2,2H3,(H,34,39)/t23-,30+,31+,32+/m0/s1. The van der Waals surface area contributed by atoms with Gasteiger partial charge in [0.2, 0.25) is 0 Å². The number of benzene rings is 3. The number of piperazine rings is 1. The Labute approximate surface area is 256 Å². The van der Waals surface area contributed by atoms with E-state index in [0.717, 1.165) is 48.6 Å². The molecule has 0 aliphatic carbocycles. The highest BCUT2D eigenvalue weighted by atomic mass is 16.7. The molecule has 2 heterocycles. The van der Waals surface area contributed by atoms with Crippen LogP contribution in [0, 0.1) is 16.0 Å². The number of hydrogen-bond donors (Lipinski definition) is 2. The monoisotopic (exact) mass is 602 g/mol. The van der Waals surface area contributed by atoms with Gasteiger partial charge in [0, 0.05) is 67.7 Å². The Morgan fingerprint density at radius 3 is 2.45 bits per heavy atom. The Bertz CT molecular complexity index is 1420. The Hall–Kier alpha value is -4.29. The summed E-state index contributed by atoms with van der Waals surface area (Å²) in [5.41, 5.74) is 4.21. The van der Waals surface area contributed by atoms with E-state index < -0.39 is 12.4 Å². The summed E-state index contributed by atoms with van der Waals surface area (Å²) in [7, 11) is 0. The van der Waals surface area contributed by atoms with E-state index in [-0.39, 0.29) is 42.0 Å². The molecule has 2 N–H and O–H groups in total. The van der Waals surface area contributed by atoms with E-state index >= 15 is 0 Å². The summed E-state index contributed by atoms with van der Waals surface area (Å²) >= 11 is 0. The average Bonchev–Trinajstić information content (AvgIpc) is 3.05. The third-order valence-electron chi connectivity index (χ3n) is 8.10. The Balaban J connectivity index is 1.30. The number of nitrogens with one attached hydrogen (secondary N) is 1. The fourth-order valence-corrected chi connectivity index (χ4v) is 5.61. The molecule has 1 amide bonds. The van der Waals surface area contributed by atoms with Crippen LogP contribution in [-0.2, 0) is 20.8 Å². The van der Waals surface area contributed by atoms with Crippen molar-refractivity contribution in [1.29, 1.82) is 0 Å². The molecule has 0 aromatic heterocycles. The number of carbonyl (C=O) groups excluding carboxylic acids is 1. The van der Waals surface area contributed by atoms with Gasteiger partial charge in [0.25, 0.3) is 5.69 Å². The molecule has 2 saturated heterocycles. The van der Waals surface area contributed by atoms with Gasteiger partial charge >= 0.3 is 6.09 Å². The molecule has 3 aromatic rings. The van der Waals surface area contributed by atoms with Gasteiger partial charge < -0.3 is 24.2 Å². The third-order valence-corrected chi connectivity index (χ3v) is 8.10. The molecule has 0 unspecified atom stereocenters. The summed E-state index contributed by atoms with van der Waals surface area (Å²) < 4.78 is 18.2. The van der Waals surface area contributed by atoms with Crippen molar-refractivity contribution >= 4 is 23.2 Å². The molecule has 4 atom stereocenters. The number of nitrogens with zero attached hydrogens (tertiary/aromatic N) is 3. The van der Waals surface area contributed by atoms with Gasteiger partial charge in [-0.3, -0.25) is 20.3 Å². The van der Waals surface area contributed by atoms with Gasteiger partial charge in [0.05, 0.1) is 23.7 Å². The number of aliphatic hydroxyl groups excluding tert-OH is 1. The second-order valence-electron chi connectivity index (χ2n) is 11.0. The number of carbonyl (C=O) groups is 1. The molecule has 2 aliphatic heterocycles. The predicted octanol–water partition coefficient (Wildman–Crippen LogP) is 5.44. The first-order valence-corrected chi connectivity index (χ1v) is 14.7. The zero-order valence-corrected chi connectivity index (χ0v) is 24.7. The fraction of sp³-hybridized carbons (Fsp3) is 0.364. The largest absolute Gasteiger partial charge is 0.445 e. The Kier molecular flexibility index (Phi) is 10.2. The number of amides is 1. The molecule has 2 aliphatic rings. The van der Waals surface area contributed by atoms with E-state index in [0.29, 0.717) is 12.2 Å². The molecule has 11 heteroatoms. The number of rotatable bonds is 10. The lowest BCUT2D eigenvalue weighted by Crippen LogP contribution is -2.51. The van der Waals surface area contributed by atoms with Gasteiger partial charge in [-0.15, -0.1) is 0 Å². The minimum Gasteiger partial charge on any atom is -0.445 e. The molecular formula is C33H38N4O7. The smallest absolute Gasteiger partial charge is 0.411 e. The summed E-state index contributed by atoms with van der Waals surface area (Å²) in [6.07, 6.45) is -0.165. The maximum Gasteiger partial charge on any atom is 0.411 e. The summed E-state index contributed by atoms with van der Waals surface area (Å²) in [4.78, 5) is 27.4. The van der Waals surface area contributed by atoms with Gasteiger partial charge in [-0.2, -0.15) is 0 Å². The van der Waals surface area contributed by atoms with E-state index in [4.69, 9.17) is 14.2 Å². The van der Waals surface area contributed by atoms with Crippen LogP contribution < -0.4 is 10.2 Å². The van der Waals surface area contributed by atoms with Crippen molar-refractivity contribution < 1.29 is 29.0 Å². The van der Waals surface area contributed by atoms with Gasteiger partial charge in [-0.05, 0) is 35.4 Å². The molecule has 0 spiro atoms. The fourth-order valence-electron chi connectivity index (χ4n) is 5.61. The van der Waals surface area contributed by atoms with Crippen LogP contribution in [0.4, 0.5) is 21.9 Å². The topological polar surface area (TPSA) is 127 Å². The van der Waals surface area contributed by atoms with E-state index in [9.17, 15) is 20.0 Å². The van der Waals surface area contributed by atoms with Gasteiger partial charge in [-0.25, -0.2) is 4.79 Å². The van der Waals surface area contributed by atoms with Crippen molar-refractivity contribution in [2.45, 2.75) is 32.0 Å². The van der Waals surface area contributed by atoms with Crippen molar-refractivity contribution in [2.75, 3.05) is 49.5 Å². The maximum atomic E-state index is 12.1. The van der Waals surface area contributed by atoms with Crippen LogP contribution in [0.2, 0.25) is 0 Å². The highest BCUT2D eigenvalue weighted by Crippen LogP contribution is 2.42. The van der Waals surface area contributed by atoms with Crippen molar-refractivity contribution in [3.63, 3.8) is 0 Å². The van der Waals surface area contributed by atoms with Crippen molar-refractivity contribution in [2.24, 2.45) is 5.92 Å². The molecule has 3 aromatic carbocycles. The predicted molar refractivity (Wildman–Crippen MR) is 166 cm³/mol. The van der Waals surface area contributed by atoms with Gasteiger partial charge in [-0.1, -0.05) is 56.0 Å². The molecule has 44 heavy (non-hydrogen) atoms. The number of nitro groups is 1. The van der Waals surface area contributed by atoms with Crippen molar-refractivity contribution in [1.82, 2.24) is 4.90 Å². The lowest BCUT2D eigenvalue weighted by Gasteiger charge is -2.44. The summed E-state index contributed by atoms with van der Waals surface area (Å²) in [6, 6.07) is 21.8. The first kappa shape index (κ1) is 31.1. The van der Waals surface area contributed by atoms with Gasteiger partial charge in [0.1, 0.15) is 6.61 Å². The first-order chi connectivity index (χ1) is 21.3. The zero-order valence-electron chi connectivity index (χ0n) is 24.7. The molecule has 0 bridgehead atoms. The number of anilines is 2. The zero-order chi connectivity index (χ0) is 31.1. The van der Waals surface area contributed by atoms with Gasteiger partial charge in [0.15, 0.2) is 6.29 Å². The van der Waals surface area contributed by atoms with E-state index in [1.807, 2.05) is 42.5 Å². The molecule has 2 fully saturated rings. The normalized spacial score (nSPS) is 22.3. The number of hydrogen-bond acceptors (Lipinski definition) is 9. The van der Waals surface area contributed by atoms with Crippen LogP contribution in [0.3, 0.4) is 0 Å². The highest BCUT2D eigenvalue weighted by Gasteiger charge is 2.39. The second kappa shape index (κ2) is 14.5. The van der Waals surface area contributed by atoms with Crippen LogP contribution >= 0.6 is 0 Å². The lowest BCUT2D eigenvalue weighted by molar-refractivity contribution is -0.384. The van der Waals surface area contributed by atoms with Crippen molar-refractivity contribution in [3.8, 4) is 0 Å². The second-order valence-corrected chi connectivity index (χ2v) is 11.0. The molecule has 11 nitrogen and oxygen atoms in total.